The van der Waals surface area contributed by atoms with Gasteiger partial charge in [0.05, 0.1) is 18.3 Å². The fraction of sp³-hybridized carbons (Fsp3) is 0.440. The molecule has 1 aliphatic heterocycles. The Bertz CT molecular complexity index is 1190. The molecule has 3 heterocycles. The van der Waals surface area contributed by atoms with Gasteiger partial charge >= 0.3 is 6.03 Å². The minimum absolute atomic E-state index is 0.158. The van der Waals surface area contributed by atoms with Crippen molar-refractivity contribution >= 4 is 29.9 Å². The van der Waals surface area contributed by atoms with Crippen LogP contribution in [0.1, 0.15) is 54.4 Å². The van der Waals surface area contributed by atoms with E-state index in [-0.39, 0.29) is 41.7 Å². The highest BCUT2D eigenvalue weighted by Crippen LogP contribution is 2.28. The van der Waals surface area contributed by atoms with Gasteiger partial charge in [0.2, 0.25) is 5.91 Å². The quantitative estimate of drug-likeness (QED) is 0.535. The molecule has 1 aliphatic rings. The molecule has 11 heteroatoms. The smallest absolute Gasteiger partial charge is 0.328 e. The van der Waals surface area contributed by atoms with Crippen molar-refractivity contribution in [2.45, 2.75) is 52.3 Å². The van der Waals surface area contributed by atoms with E-state index in [4.69, 9.17) is 4.74 Å². The van der Waals surface area contributed by atoms with Crippen molar-refractivity contribution in [2.75, 3.05) is 30.9 Å². The first-order valence-corrected chi connectivity index (χ1v) is 11.7. The van der Waals surface area contributed by atoms with Gasteiger partial charge in [0.1, 0.15) is 34.7 Å². The minimum Gasteiger partial charge on any atom is -0.489 e. The molecule has 2 aromatic rings. The van der Waals surface area contributed by atoms with Gasteiger partial charge in [-0.25, -0.2) is 14.8 Å². The summed E-state index contributed by atoms with van der Waals surface area (Å²) < 4.78 is 5.66. The first-order chi connectivity index (χ1) is 17.1. The van der Waals surface area contributed by atoms with Crippen molar-refractivity contribution in [1.82, 2.24) is 20.2 Å². The van der Waals surface area contributed by atoms with Crippen LogP contribution < -0.4 is 20.3 Å². The molecule has 0 spiro atoms. The number of aldehydes is 1. The summed E-state index contributed by atoms with van der Waals surface area (Å²) in [5.41, 5.74) is 1.83. The fourth-order valence-electron chi connectivity index (χ4n) is 3.68. The van der Waals surface area contributed by atoms with Gasteiger partial charge in [-0.3, -0.25) is 24.7 Å². The van der Waals surface area contributed by atoms with Gasteiger partial charge in [-0.1, -0.05) is 0 Å². The van der Waals surface area contributed by atoms with Gasteiger partial charge in [-0.05, 0) is 59.3 Å². The van der Waals surface area contributed by atoms with Crippen molar-refractivity contribution in [3.05, 3.63) is 40.7 Å². The molecule has 190 valence electrons. The third-order valence-corrected chi connectivity index (χ3v) is 5.82. The number of rotatable bonds is 8. The first-order valence-electron chi connectivity index (χ1n) is 11.7. The van der Waals surface area contributed by atoms with Gasteiger partial charge in [0.25, 0.3) is 0 Å². The third kappa shape index (κ3) is 6.14. The molecule has 11 nitrogen and oxygen atoms in total. The highest BCUT2D eigenvalue weighted by Gasteiger charge is 2.27. The van der Waals surface area contributed by atoms with Crippen molar-refractivity contribution < 1.29 is 19.1 Å². The average Bonchev–Trinajstić information content (AvgIpc) is 2.85. The molecule has 2 N–H and O–H groups in total. The number of hydrogen-bond donors (Lipinski definition) is 2. The number of carbonyl (C=O) groups is 3. The second-order valence-electron chi connectivity index (χ2n) is 9.02. The summed E-state index contributed by atoms with van der Waals surface area (Å²) >= 11 is 0. The number of amides is 3. The van der Waals surface area contributed by atoms with Crippen LogP contribution >= 0.6 is 0 Å². The Morgan fingerprint density at radius 2 is 2.06 bits per heavy atom. The lowest BCUT2D eigenvalue weighted by atomic mass is 10.0. The van der Waals surface area contributed by atoms with E-state index < -0.39 is 6.03 Å². The van der Waals surface area contributed by atoms with E-state index in [0.29, 0.717) is 42.8 Å². The summed E-state index contributed by atoms with van der Waals surface area (Å²) in [6.45, 7) is 6.03. The van der Waals surface area contributed by atoms with E-state index in [0.717, 1.165) is 5.56 Å². The second-order valence-corrected chi connectivity index (χ2v) is 9.02. The Morgan fingerprint density at radius 3 is 2.69 bits per heavy atom. The number of nitriles is 1. The zero-order chi connectivity index (χ0) is 26.4. The highest BCUT2D eigenvalue weighted by atomic mass is 16.5. The van der Waals surface area contributed by atoms with Crippen LogP contribution in [-0.4, -0.2) is 65.9 Å². The summed E-state index contributed by atoms with van der Waals surface area (Å²) in [5.74, 6) is 0.788. The number of fused-ring (bicyclic) bond motifs is 1. The Kier molecular flexibility index (Phi) is 8.55. The summed E-state index contributed by atoms with van der Waals surface area (Å²) in [6.07, 6.45) is 3.20. The summed E-state index contributed by atoms with van der Waals surface area (Å²) in [5, 5.41) is 14.9. The van der Waals surface area contributed by atoms with Gasteiger partial charge in [-0.2, -0.15) is 5.26 Å². The van der Waals surface area contributed by atoms with Gasteiger partial charge < -0.3 is 10.1 Å². The number of pyridine rings is 2. The van der Waals surface area contributed by atoms with E-state index in [9.17, 15) is 19.6 Å². The molecule has 0 bridgehead atoms. The fourth-order valence-corrected chi connectivity index (χ4v) is 3.68. The van der Waals surface area contributed by atoms with Crippen LogP contribution in [0.2, 0.25) is 0 Å². The molecule has 2 aromatic heterocycles. The number of anilines is 2. The van der Waals surface area contributed by atoms with Crippen molar-refractivity contribution in [3.63, 3.8) is 0 Å². The zero-order valence-electron chi connectivity index (χ0n) is 21.2. The topological polar surface area (TPSA) is 141 Å². The lowest BCUT2D eigenvalue weighted by Gasteiger charge is -2.29. The Morgan fingerprint density at radius 1 is 1.31 bits per heavy atom. The minimum atomic E-state index is -0.464. The molecule has 1 unspecified atom stereocenters. The van der Waals surface area contributed by atoms with Crippen molar-refractivity contribution in [3.8, 4) is 11.8 Å². The normalized spacial score (nSPS) is 13.6. The zero-order valence-corrected chi connectivity index (χ0v) is 21.2. The number of nitrogens with zero attached hydrogens (tertiary/aromatic N) is 5. The Balaban J connectivity index is 1.81. The lowest BCUT2D eigenvalue weighted by molar-refractivity contribution is -0.125. The molecule has 0 fully saturated rings. The second kappa shape index (κ2) is 11.6. The molecule has 0 radical (unpaired) electrons. The molecule has 0 aliphatic carbocycles. The van der Waals surface area contributed by atoms with Crippen molar-refractivity contribution in [1.29, 1.82) is 5.26 Å². The Hall–Kier alpha value is -4.04. The molecular formula is C25H31N7O4. The van der Waals surface area contributed by atoms with E-state index in [1.54, 1.807) is 11.8 Å². The molecule has 1 atom stereocenters. The maximum atomic E-state index is 13.1. The number of hydrogen-bond acceptors (Lipinski definition) is 8. The monoisotopic (exact) mass is 493 g/mol. The van der Waals surface area contributed by atoms with E-state index in [2.05, 4.69) is 20.6 Å². The number of aromatic nitrogens is 2. The lowest BCUT2D eigenvalue weighted by Crippen LogP contribution is -2.41. The predicted molar refractivity (Wildman–Crippen MR) is 134 cm³/mol. The number of urea groups is 1. The van der Waals surface area contributed by atoms with Crippen LogP contribution in [0.3, 0.4) is 0 Å². The number of carbonyl (C=O) groups excluding carboxylic acids is 3. The third-order valence-electron chi connectivity index (χ3n) is 5.82. The van der Waals surface area contributed by atoms with Crippen LogP contribution in [0.25, 0.3) is 0 Å². The predicted octanol–water partition coefficient (Wildman–Crippen LogP) is 2.50. The van der Waals surface area contributed by atoms with Crippen LogP contribution in [-0.2, 0) is 17.8 Å². The molecule has 0 saturated heterocycles. The highest BCUT2D eigenvalue weighted by molar-refractivity contribution is 6.01. The standard InChI is InChI=1S/C25H31N7O4/c1-15(2)36-21-10-22(27-13-19(21)11-26)30-25(35)32-8-6-7-17-9-18(20(14-33)29-23(17)32)12-28-24(34)16(3)31(4)5/h9-10,13-16H,6-8,12H2,1-5H3,(H,28,34)(H,27,30,35). The average molecular weight is 494 g/mol. The van der Waals surface area contributed by atoms with Crippen LogP contribution in [0, 0.1) is 11.3 Å². The number of nitrogens with one attached hydrogen (secondary N) is 2. The number of aryl methyl sites for hydroxylation is 1. The summed E-state index contributed by atoms with van der Waals surface area (Å²) in [7, 11) is 3.62. The van der Waals surface area contributed by atoms with E-state index in [1.165, 1.54) is 17.2 Å². The molecule has 3 rings (SSSR count). The SMILES string of the molecule is CC(C)Oc1cc(NC(=O)N2CCCc3cc(CNC(=O)C(C)N(C)C)c(C=O)nc32)ncc1C#N. The van der Waals surface area contributed by atoms with Gasteiger partial charge in [0.15, 0.2) is 6.29 Å². The maximum Gasteiger partial charge on any atom is 0.328 e. The first kappa shape index (κ1) is 26.6. The van der Waals surface area contributed by atoms with Crippen LogP contribution in [0.15, 0.2) is 18.3 Å². The maximum absolute atomic E-state index is 13.1. The van der Waals surface area contributed by atoms with Gasteiger partial charge in [0, 0.05) is 24.7 Å². The summed E-state index contributed by atoms with van der Waals surface area (Å²) in [4.78, 5) is 49.1. The van der Waals surface area contributed by atoms with E-state index in [1.807, 2.05) is 40.1 Å². The molecular weight excluding hydrogens is 462 g/mol. The molecule has 36 heavy (non-hydrogen) atoms. The number of ether oxygens (including phenoxy) is 1. The van der Waals surface area contributed by atoms with Gasteiger partial charge in [-0.15, -0.1) is 0 Å². The van der Waals surface area contributed by atoms with Crippen LogP contribution in [0.5, 0.6) is 5.75 Å². The molecule has 0 saturated carbocycles. The molecule has 0 aromatic carbocycles. The van der Waals surface area contributed by atoms with Crippen molar-refractivity contribution in [2.24, 2.45) is 0 Å². The largest absolute Gasteiger partial charge is 0.489 e. The Labute approximate surface area is 210 Å². The molecule has 3 amide bonds. The van der Waals surface area contributed by atoms with E-state index >= 15 is 0 Å². The number of likely N-dealkylation sites (N-methyl/N-ethyl adjacent to an activating group) is 1. The van der Waals surface area contributed by atoms with Crippen LogP contribution in [0.4, 0.5) is 16.4 Å². The summed E-state index contributed by atoms with van der Waals surface area (Å²) in [6, 6.07) is 4.56.